The molecule has 0 spiro atoms. The van der Waals surface area contributed by atoms with Crippen LogP contribution in [0.25, 0.3) is 0 Å². The molecule has 0 aliphatic carbocycles. The number of fused-ring (bicyclic) bond motifs is 1. The Morgan fingerprint density at radius 3 is 2.75 bits per heavy atom. The van der Waals surface area contributed by atoms with Gasteiger partial charge in [-0.15, -0.1) is 0 Å². The van der Waals surface area contributed by atoms with E-state index in [0.717, 1.165) is 24.9 Å². The maximum absolute atomic E-state index is 12.9. The van der Waals surface area contributed by atoms with Crippen molar-refractivity contribution in [1.29, 1.82) is 0 Å². The van der Waals surface area contributed by atoms with Crippen LogP contribution in [-0.4, -0.2) is 58.6 Å². The Kier molecular flexibility index (Phi) is 4.45. The fourth-order valence-electron chi connectivity index (χ4n) is 4.28. The highest BCUT2D eigenvalue weighted by molar-refractivity contribution is 6.06. The van der Waals surface area contributed by atoms with E-state index in [1.807, 2.05) is 24.9 Å². The van der Waals surface area contributed by atoms with Crippen molar-refractivity contribution in [2.75, 3.05) is 18.9 Å². The van der Waals surface area contributed by atoms with Crippen molar-refractivity contribution in [3.63, 3.8) is 0 Å². The summed E-state index contributed by atoms with van der Waals surface area (Å²) in [6.45, 7) is 3.14. The molecular formula is C20H24N4O4. The average molecular weight is 384 g/mol. The number of rotatable bonds is 3. The van der Waals surface area contributed by atoms with Gasteiger partial charge in [-0.1, -0.05) is 6.07 Å². The fraction of sp³-hybridized carbons (Fsp3) is 0.500. The number of likely N-dealkylation sites (tertiary alicyclic amines) is 1. The first-order chi connectivity index (χ1) is 13.3. The molecule has 148 valence electrons. The lowest BCUT2D eigenvalue weighted by Crippen LogP contribution is -2.52. The molecule has 4 amide bonds. The van der Waals surface area contributed by atoms with Gasteiger partial charge in [0.1, 0.15) is 6.04 Å². The van der Waals surface area contributed by atoms with Gasteiger partial charge in [-0.3, -0.25) is 29.4 Å². The van der Waals surface area contributed by atoms with Crippen LogP contribution >= 0.6 is 0 Å². The first-order valence-corrected chi connectivity index (χ1v) is 9.60. The molecule has 3 aliphatic heterocycles. The highest BCUT2D eigenvalue weighted by Gasteiger charge is 2.42. The van der Waals surface area contributed by atoms with Crippen LogP contribution in [0, 0.1) is 0 Å². The van der Waals surface area contributed by atoms with E-state index < -0.39 is 17.5 Å². The molecule has 3 heterocycles. The number of nitrogens with zero attached hydrogens (tertiary/aromatic N) is 2. The number of carbonyl (C=O) groups excluding carboxylic acids is 4. The quantitative estimate of drug-likeness (QED) is 0.754. The molecule has 2 unspecified atom stereocenters. The zero-order valence-corrected chi connectivity index (χ0v) is 16.1. The lowest BCUT2D eigenvalue weighted by Gasteiger charge is -2.30. The maximum atomic E-state index is 12.9. The van der Waals surface area contributed by atoms with Crippen LogP contribution in [0.4, 0.5) is 5.69 Å². The van der Waals surface area contributed by atoms with E-state index in [1.165, 1.54) is 4.90 Å². The summed E-state index contributed by atoms with van der Waals surface area (Å²) >= 11 is 0. The Morgan fingerprint density at radius 2 is 2.07 bits per heavy atom. The molecule has 4 rings (SSSR count). The van der Waals surface area contributed by atoms with Crippen molar-refractivity contribution in [3.05, 3.63) is 29.3 Å². The number of carbonyl (C=O) groups is 4. The van der Waals surface area contributed by atoms with Gasteiger partial charge < -0.3 is 10.2 Å². The molecule has 2 atom stereocenters. The van der Waals surface area contributed by atoms with Gasteiger partial charge in [0.25, 0.3) is 5.91 Å². The summed E-state index contributed by atoms with van der Waals surface area (Å²) < 4.78 is 0. The second-order valence-corrected chi connectivity index (χ2v) is 8.02. The van der Waals surface area contributed by atoms with Gasteiger partial charge in [0.05, 0.1) is 5.54 Å². The summed E-state index contributed by atoms with van der Waals surface area (Å²) in [5, 5.41) is 5.24. The molecule has 8 heteroatoms. The van der Waals surface area contributed by atoms with Gasteiger partial charge in [0.2, 0.25) is 17.7 Å². The third-order valence-electron chi connectivity index (χ3n) is 6.27. The molecule has 28 heavy (non-hydrogen) atoms. The summed E-state index contributed by atoms with van der Waals surface area (Å²) in [4.78, 5) is 52.7. The van der Waals surface area contributed by atoms with Crippen molar-refractivity contribution >= 4 is 29.3 Å². The second kappa shape index (κ2) is 6.70. The SMILES string of the molecule is CN1CCCC1(C)C(=O)Nc1ccc2c(c1)C(=O)N(C1CCC(=O)NC1=O)C2. The van der Waals surface area contributed by atoms with Gasteiger partial charge in [-0.05, 0) is 57.5 Å². The van der Waals surface area contributed by atoms with Crippen LogP contribution in [-0.2, 0) is 20.9 Å². The number of anilines is 1. The number of hydrogen-bond acceptors (Lipinski definition) is 5. The first kappa shape index (κ1) is 18.6. The number of likely N-dealkylation sites (N-methyl/N-ethyl adjacent to an activating group) is 1. The molecular weight excluding hydrogens is 360 g/mol. The third-order valence-corrected chi connectivity index (χ3v) is 6.27. The van der Waals surface area contributed by atoms with E-state index in [1.54, 1.807) is 12.1 Å². The van der Waals surface area contributed by atoms with Crippen LogP contribution in [0.15, 0.2) is 18.2 Å². The van der Waals surface area contributed by atoms with Gasteiger partial charge >= 0.3 is 0 Å². The molecule has 3 aliphatic rings. The van der Waals surface area contributed by atoms with E-state index in [4.69, 9.17) is 0 Å². The number of imide groups is 1. The Balaban J connectivity index is 1.51. The first-order valence-electron chi connectivity index (χ1n) is 9.60. The Hall–Kier alpha value is -2.74. The van der Waals surface area contributed by atoms with Gasteiger partial charge in [-0.25, -0.2) is 0 Å². The van der Waals surface area contributed by atoms with Gasteiger partial charge in [-0.2, -0.15) is 0 Å². The van der Waals surface area contributed by atoms with Crippen molar-refractivity contribution < 1.29 is 19.2 Å². The molecule has 0 saturated carbocycles. The van der Waals surface area contributed by atoms with Gasteiger partial charge in [0.15, 0.2) is 0 Å². The lowest BCUT2D eigenvalue weighted by molar-refractivity contribution is -0.137. The second-order valence-electron chi connectivity index (χ2n) is 8.02. The van der Waals surface area contributed by atoms with E-state index in [-0.39, 0.29) is 24.1 Å². The predicted octanol–water partition coefficient (Wildman–Crippen LogP) is 0.870. The fourth-order valence-corrected chi connectivity index (χ4v) is 4.28. The smallest absolute Gasteiger partial charge is 0.255 e. The minimum atomic E-state index is -0.637. The lowest BCUT2D eigenvalue weighted by atomic mass is 9.98. The minimum Gasteiger partial charge on any atom is -0.324 e. The van der Waals surface area contributed by atoms with Crippen molar-refractivity contribution in [1.82, 2.24) is 15.1 Å². The van der Waals surface area contributed by atoms with E-state index >= 15 is 0 Å². The van der Waals surface area contributed by atoms with Crippen LogP contribution in [0.3, 0.4) is 0 Å². The molecule has 1 aromatic carbocycles. The summed E-state index contributed by atoms with van der Waals surface area (Å²) in [5.41, 5.74) is 1.33. The molecule has 0 bridgehead atoms. The topological polar surface area (TPSA) is 98.8 Å². The molecule has 0 radical (unpaired) electrons. The largest absolute Gasteiger partial charge is 0.324 e. The third kappa shape index (κ3) is 2.97. The average Bonchev–Trinajstić information content (AvgIpc) is 3.16. The number of amides is 4. The Labute approximate surface area is 163 Å². The molecule has 2 saturated heterocycles. The monoisotopic (exact) mass is 384 g/mol. The highest BCUT2D eigenvalue weighted by Crippen LogP contribution is 2.31. The Morgan fingerprint density at radius 1 is 1.29 bits per heavy atom. The highest BCUT2D eigenvalue weighted by atomic mass is 16.2. The van der Waals surface area contributed by atoms with Crippen molar-refractivity contribution in [2.45, 2.75) is 50.7 Å². The zero-order valence-electron chi connectivity index (χ0n) is 16.1. The maximum Gasteiger partial charge on any atom is 0.255 e. The molecule has 1 aromatic rings. The number of piperidine rings is 1. The van der Waals surface area contributed by atoms with Crippen molar-refractivity contribution in [2.24, 2.45) is 0 Å². The molecule has 0 aromatic heterocycles. The Bertz CT molecular complexity index is 883. The standard InChI is InChI=1S/C20H24N4O4/c1-20(8-3-9-23(20)2)19(28)21-13-5-4-12-11-24(18(27)14(12)10-13)15-6-7-16(25)22-17(15)26/h4-5,10,15H,3,6-9,11H2,1-2H3,(H,21,28)(H,22,25,26). The van der Waals surface area contributed by atoms with E-state index in [2.05, 4.69) is 10.6 Å². The van der Waals surface area contributed by atoms with Crippen LogP contribution in [0.1, 0.15) is 48.5 Å². The minimum absolute atomic E-state index is 0.0834. The molecule has 8 nitrogen and oxygen atoms in total. The predicted molar refractivity (Wildman–Crippen MR) is 101 cm³/mol. The summed E-state index contributed by atoms with van der Waals surface area (Å²) in [5.74, 6) is -1.06. The van der Waals surface area contributed by atoms with E-state index in [0.29, 0.717) is 24.2 Å². The number of hydrogen-bond donors (Lipinski definition) is 2. The number of benzene rings is 1. The summed E-state index contributed by atoms with van der Waals surface area (Å²) in [7, 11) is 1.94. The van der Waals surface area contributed by atoms with Gasteiger partial charge in [0, 0.05) is 24.2 Å². The van der Waals surface area contributed by atoms with Crippen LogP contribution in [0.2, 0.25) is 0 Å². The van der Waals surface area contributed by atoms with E-state index in [9.17, 15) is 19.2 Å². The number of nitrogens with one attached hydrogen (secondary N) is 2. The van der Waals surface area contributed by atoms with Crippen molar-refractivity contribution in [3.8, 4) is 0 Å². The van der Waals surface area contributed by atoms with Crippen LogP contribution < -0.4 is 10.6 Å². The zero-order chi connectivity index (χ0) is 20.1. The normalized spacial score (nSPS) is 27.7. The van der Waals surface area contributed by atoms with Crippen LogP contribution in [0.5, 0.6) is 0 Å². The summed E-state index contributed by atoms with van der Waals surface area (Å²) in [6.07, 6.45) is 2.33. The molecule has 2 fully saturated rings. The summed E-state index contributed by atoms with van der Waals surface area (Å²) in [6, 6.07) is 4.65. The molecule has 2 N–H and O–H groups in total.